The van der Waals surface area contributed by atoms with Crippen molar-refractivity contribution in [3.05, 3.63) is 58.3 Å². The van der Waals surface area contributed by atoms with Crippen LogP contribution in [0.3, 0.4) is 0 Å². The van der Waals surface area contributed by atoms with Crippen LogP contribution >= 0.6 is 11.3 Å². The van der Waals surface area contributed by atoms with Crippen LogP contribution in [0, 0.1) is 0 Å². The molecule has 1 aromatic heterocycles. The molecule has 2 rings (SSSR count). The van der Waals surface area contributed by atoms with E-state index in [1.807, 2.05) is 37.2 Å². The molecule has 124 valence electrons. The zero-order valence-corrected chi connectivity index (χ0v) is 14.9. The van der Waals surface area contributed by atoms with E-state index >= 15 is 0 Å². The van der Waals surface area contributed by atoms with Gasteiger partial charge in [0.25, 0.3) is 0 Å². The molecule has 23 heavy (non-hydrogen) atoms. The number of carbonyl (C=O) groups excluding carboxylic acids is 1. The normalized spacial score (nSPS) is 10.9. The lowest BCUT2D eigenvalue weighted by Crippen LogP contribution is -2.36. The van der Waals surface area contributed by atoms with E-state index in [2.05, 4.69) is 34.5 Å². The van der Waals surface area contributed by atoms with E-state index < -0.39 is 0 Å². The van der Waals surface area contributed by atoms with Crippen LogP contribution in [-0.2, 0) is 17.8 Å². The summed E-state index contributed by atoms with van der Waals surface area (Å²) in [5, 5.41) is 2.09. The van der Waals surface area contributed by atoms with Gasteiger partial charge in [-0.25, -0.2) is 0 Å². The number of benzene rings is 1. The van der Waals surface area contributed by atoms with Crippen LogP contribution < -0.4 is 0 Å². The zero-order chi connectivity index (χ0) is 16.5. The molecule has 0 aliphatic heterocycles. The summed E-state index contributed by atoms with van der Waals surface area (Å²) in [7, 11) is 4.09. The quantitative estimate of drug-likeness (QED) is 0.700. The molecule has 0 aliphatic carbocycles. The third-order valence-electron chi connectivity index (χ3n) is 3.78. The molecule has 0 saturated carbocycles. The molecular weight excluding hydrogens is 304 g/mol. The van der Waals surface area contributed by atoms with Crippen LogP contribution in [0.15, 0.2) is 47.8 Å². The summed E-state index contributed by atoms with van der Waals surface area (Å²) in [6.45, 7) is 2.37. The fourth-order valence-electron chi connectivity index (χ4n) is 2.44. The Bertz CT molecular complexity index is 566. The zero-order valence-electron chi connectivity index (χ0n) is 14.1. The number of hydrogen-bond acceptors (Lipinski definition) is 3. The number of aryl methyl sites for hydroxylation is 1. The van der Waals surface area contributed by atoms with Gasteiger partial charge in [-0.15, -0.1) is 11.3 Å². The van der Waals surface area contributed by atoms with Crippen molar-refractivity contribution in [3.63, 3.8) is 0 Å². The largest absolute Gasteiger partial charge is 0.337 e. The predicted molar refractivity (Wildman–Crippen MR) is 97.7 cm³/mol. The second-order valence-corrected chi connectivity index (χ2v) is 7.07. The van der Waals surface area contributed by atoms with Crippen LogP contribution in [0.1, 0.15) is 23.3 Å². The molecule has 1 heterocycles. The molecule has 0 radical (unpaired) electrons. The van der Waals surface area contributed by atoms with Crippen LogP contribution in [0.2, 0.25) is 0 Å². The van der Waals surface area contributed by atoms with Crippen molar-refractivity contribution in [1.82, 2.24) is 9.80 Å². The van der Waals surface area contributed by atoms with E-state index in [1.165, 1.54) is 10.4 Å². The molecule has 0 aliphatic rings. The lowest BCUT2D eigenvalue weighted by molar-refractivity contribution is -0.132. The molecule has 0 spiro atoms. The fraction of sp³-hybridized carbons (Fsp3) is 0.421. The lowest BCUT2D eigenvalue weighted by atomic mass is 10.1. The first-order valence-corrected chi connectivity index (χ1v) is 9.02. The van der Waals surface area contributed by atoms with Crippen LogP contribution in [0.4, 0.5) is 0 Å². The minimum absolute atomic E-state index is 0.257. The van der Waals surface area contributed by atoms with Crippen molar-refractivity contribution >= 4 is 17.2 Å². The molecule has 0 bridgehead atoms. The Morgan fingerprint density at radius 3 is 2.48 bits per heavy atom. The number of carbonyl (C=O) groups is 1. The van der Waals surface area contributed by atoms with E-state index in [1.54, 1.807) is 11.3 Å². The molecule has 0 fully saturated rings. The second kappa shape index (κ2) is 9.48. The van der Waals surface area contributed by atoms with E-state index in [0.29, 0.717) is 13.0 Å². The Labute approximate surface area is 143 Å². The number of nitrogens with zero attached hydrogens (tertiary/aromatic N) is 2. The highest BCUT2D eigenvalue weighted by molar-refractivity contribution is 7.09. The molecule has 0 saturated heterocycles. The van der Waals surface area contributed by atoms with Gasteiger partial charge in [0.05, 0.1) is 0 Å². The molecular formula is C19H26N2OS. The van der Waals surface area contributed by atoms with Gasteiger partial charge >= 0.3 is 0 Å². The summed E-state index contributed by atoms with van der Waals surface area (Å²) >= 11 is 1.77. The second-order valence-electron chi connectivity index (χ2n) is 6.04. The molecule has 1 aromatic carbocycles. The standard InChI is InChI=1S/C19H26N2OS/c1-20(2)13-14-21(16-17-8-4-3-5-9-17)19(22)12-6-10-18-11-7-15-23-18/h3-5,7-9,11,15H,6,10,12-14,16H2,1-2H3. The number of likely N-dealkylation sites (N-methyl/N-ethyl adjacent to an activating group) is 1. The average Bonchev–Trinajstić information content (AvgIpc) is 3.05. The molecule has 0 atom stereocenters. The molecule has 3 nitrogen and oxygen atoms in total. The summed E-state index contributed by atoms with van der Waals surface area (Å²) in [6, 6.07) is 14.4. The maximum atomic E-state index is 12.6. The summed E-state index contributed by atoms with van der Waals surface area (Å²) < 4.78 is 0. The summed E-state index contributed by atoms with van der Waals surface area (Å²) in [4.78, 5) is 18.1. The van der Waals surface area contributed by atoms with Gasteiger partial charge in [-0.05, 0) is 43.9 Å². The highest BCUT2D eigenvalue weighted by atomic mass is 32.1. The Hall–Kier alpha value is -1.65. The molecule has 0 unspecified atom stereocenters. The van der Waals surface area contributed by atoms with Gasteiger partial charge in [0.1, 0.15) is 0 Å². The van der Waals surface area contributed by atoms with Crippen LogP contribution in [-0.4, -0.2) is 42.9 Å². The van der Waals surface area contributed by atoms with Crippen molar-refractivity contribution in [2.75, 3.05) is 27.2 Å². The van der Waals surface area contributed by atoms with Gasteiger partial charge in [0.2, 0.25) is 5.91 Å². The lowest BCUT2D eigenvalue weighted by Gasteiger charge is -2.24. The average molecular weight is 330 g/mol. The van der Waals surface area contributed by atoms with Gasteiger partial charge in [0, 0.05) is 30.9 Å². The van der Waals surface area contributed by atoms with Crippen molar-refractivity contribution in [2.45, 2.75) is 25.8 Å². The molecule has 2 aromatic rings. The Morgan fingerprint density at radius 2 is 1.83 bits per heavy atom. The fourth-order valence-corrected chi connectivity index (χ4v) is 3.19. The van der Waals surface area contributed by atoms with Gasteiger partial charge < -0.3 is 9.80 Å². The third kappa shape index (κ3) is 6.55. The van der Waals surface area contributed by atoms with Gasteiger partial charge in [-0.2, -0.15) is 0 Å². The van der Waals surface area contributed by atoms with Crippen LogP contribution in [0.25, 0.3) is 0 Å². The Morgan fingerprint density at radius 1 is 1.04 bits per heavy atom. The Kier molecular flexibility index (Phi) is 7.30. The monoisotopic (exact) mass is 330 g/mol. The van der Waals surface area contributed by atoms with Crippen molar-refractivity contribution in [3.8, 4) is 0 Å². The number of thiophene rings is 1. The predicted octanol–water partition coefficient (Wildman–Crippen LogP) is 3.66. The summed E-state index contributed by atoms with van der Waals surface area (Å²) in [5.74, 6) is 0.257. The maximum Gasteiger partial charge on any atom is 0.222 e. The van der Waals surface area contributed by atoms with Gasteiger partial charge in [0.15, 0.2) is 0 Å². The first-order chi connectivity index (χ1) is 11.1. The topological polar surface area (TPSA) is 23.6 Å². The first-order valence-electron chi connectivity index (χ1n) is 8.14. The third-order valence-corrected chi connectivity index (χ3v) is 4.72. The van der Waals surface area contributed by atoms with Gasteiger partial charge in [-0.3, -0.25) is 4.79 Å². The highest BCUT2D eigenvalue weighted by Gasteiger charge is 2.14. The molecule has 1 amide bonds. The van der Waals surface area contributed by atoms with Crippen molar-refractivity contribution in [1.29, 1.82) is 0 Å². The van der Waals surface area contributed by atoms with Crippen LogP contribution in [0.5, 0.6) is 0 Å². The SMILES string of the molecule is CN(C)CCN(Cc1ccccc1)C(=O)CCCc1cccs1. The maximum absolute atomic E-state index is 12.6. The van der Waals surface area contributed by atoms with Gasteiger partial charge in [-0.1, -0.05) is 36.4 Å². The minimum atomic E-state index is 0.257. The van der Waals surface area contributed by atoms with E-state index in [4.69, 9.17) is 0 Å². The van der Waals surface area contributed by atoms with Crippen molar-refractivity contribution in [2.24, 2.45) is 0 Å². The van der Waals surface area contributed by atoms with E-state index in [9.17, 15) is 4.79 Å². The number of hydrogen-bond donors (Lipinski definition) is 0. The highest BCUT2D eigenvalue weighted by Crippen LogP contribution is 2.13. The summed E-state index contributed by atoms with van der Waals surface area (Å²) in [6.07, 6.45) is 2.54. The Balaban J connectivity index is 1.87. The number of amides is 1. The first kappa shape index (κ1) is 17.7. The van der Waals surface area contributed by atoms with Crippen molar-refractivity contribution < 1.29 is 4.79 Å². The van der Waals surface area contributed by atoms with E-state index in [0.717, 1.165) is 25.9 Å². The molecule has 0 N–H and O–H groups in total. The minimum Gasteiger partial charge on any atom is -0.337 e. The summed E-state index contributed by atoms with van der Waals surface area (Å²) in [5.41, 5.74) is 1.19. The smallest absolute Gasteiger partial charge is 0.222 e. The van der Waals surface area contributed by atoms with E-state index in [-0.39, 0.29) is 5.91 Å². The number of rotatable bonds is 9. The molecule has 4 heteroatoms.